The molecule has 0 radical (unpaired) electrons. The minimum absolute atomic E-state index is 0.00113. The van der Waals surface area contributed by atoms with Gasteiger partial charge in [-0.2, -0.15) is 13.1 Å². The minimum atomic E-state index is -4.01. The van der Waals surface area contributed by atoms with Gasteiger partial charge in [0.2, 0.25) is 21.8 Å². The SMILES string of the molecule is O=C1NCCCCCCN(S(=O)(=O)c2cccc3nsnc23)C2CC(C(=O)N3CCN(c4ccccn4)CC3)CC12. The van der Waals surface area contributed by atoms with Crippen LogP contribution in [0.2, 0.25) is 0 Å². The number of amides is 2. The van der Waals surface area contributed by atoms with Crippen LogP contribution in [-0.4, -0.2) is 88.5 Å². The van der Waals surface area contributed by atoms with Gasteiger partial charge < -0.3 is 15.1 Å². The number of fused-ring (bicyclic) bond motifs is 2. The molecule has 2 aliphatic heterocycles. The fourth-order valence-corrected chi connectivity index (χ4v) is 8.91. The predicted octanol–water partition coefficient (Wildman–Crippen LogP) is 2.51. The van der Waals surface area contributed by atoms with Gasteiger partial charge in [-0.25, -0.2) is 13.4 Å². The van der Waals surface area contributed by atoms with Gasteiger partial charge in [0, 0.05) is 57.4 Å². The van der Waals surface area contributed by atoms with E-state index in [1.54, 1.807) is 24.4 Å². The molecule has 3 unspecified atom stereocenters. The number of aromatic nitrogens is 3. The number of hydrogen-bond donors (Lipinski definition) is 1. The first kappa shape index (κ1) is 28.0. The third kappa shape index (κ3) is 5.67. The third-order valence-corrected chi connectivity index (χ3v) is 11.1. The average molecular weight is 598 g/mol. The summed E-state index contributed by atoms with van der Waals surface area (Å²) in [5.41, 5.74) is 0.886. The summed E-state index contributed by atoms with van der Waals surface area (Å²) in [6.07, 6.45) is 5.75. The van der Waals surface area contributed by atoms with Crippen LogP contribution >= 0.6 is 11.7 Å². The quantitative estimate of drug-likeness (QED) is 0.486. The highest BCUT2D eigenvalue weighted by molar-refractivity contribution is 7.89. The van der Waals surface area contributed by atoms with E-state index >= 15 is 0 Å². The summed E-state index contributed by atoms with van der Waals surface area (Å²) >= 11 is 0.980. The Kier molecular flexibility index (Phi) is 8.18. The zero-order valence-electron chi connectivity index (χ0n) is 22.9. The van der Waals surface area contributed by atoms with E-state index in [1.807, 2.05) is 23.1 Å². The number of benzene rings is 1. The van der Waals surface area contributed by atoms with Gasteiger partial charge in [0.15, 0.2) is 0 Å². The molecule has 2 amide bonds. The first-order valence-corrected chi connectivity index (χ1v) is 16.6. The van der Waals surface area contributed by atoms with E-state index in [4.69, 9.17) is 0 Å². The summed E-state index contributed by atoms with van der Waals surface area (Å²) < 4.78 is 38.6. The van der Waals surface area contributed by atoms with Gasteiger partial charge in [0.05, 0.1) is 17.6 Å². The second kappa shape index (κ2) is 12.0. The topological polar surface area (TPSA) is 129 Å². The van der Waals surface area contributed by atoms with Crippen molar-refractivity contribution >= 4 is 50.4 Å². The molecular weight excluding hydrogens is 562 g/mol. The lowest BCUT2D eigenvalue weighted by molar-refractivity contribution is -0.135. The molecule has 13 heteroatoms. The Labute approximate surface area is 244 Å². The molecule has 1 N–H and O–H groups in total. The number of nitrogens with zero attached hydrogens (tertiary/aromatic N) is 6. The van der Waals surface area contributed by atoms with Gasteiger partial charge in [-0.3, -0.25) is 9.59 Å². The number of piperazine rings is 1. The van der Waals surface area contributed by atoms with Gasteiger partial charge in [0.1, 0.15) is 21.7 Å². The fraction of sp³-hybridized carbons (Fsp3) is 0.536. The highest BCUT2D eigenvalue weighted by Gasteiger charge is 2.49. The van der Waals surface area contributed by atoms with Crippen LogP contribution in [-0.2, 0) is 19.6 Å². The molecule has 4 heterocycles. The molecule has 1 saturated carbocycles. The maximum Gasteiger partial charge on any atom is 0.245 e. The van der Waals surface area contributed by atoms with E-state index in [-0.39, 0.29) is 16.7 Å². The van der Waals surface area contributed by atoms with E-state index in [2.05, 4.69) is 23.9 Å². The third-order valence-electron chi connectivity index (χ3n) is 8.59. The van der Waals surface area contributed by atoms with Gasteiger partial charge in [0.25, 0.3) is 0 Å². The Bertz CT molecular complexity index is 1490. The van der Waals surface area contributed by atoms with Crippen LogP contribution in [0.15, 0.2) is 47.5 Å². The van der Waals surface area contributed by atoms with Crippen LogP contribution in [0.5, 0.6) is 0 Å². The van der Waals surface area contributed by atoms with Crippen molar-refractivity contribution in [2.75, 3.05) is 44.2 Å². The van der Waals surface area contributed by atoms with Crippen LogP contribution in [0, 0.1) is 11.8 Å². The summed E-state index contributed by atoms with van der Waals surface area (Å²) in [5, 5.41) is 3.03. The number of pyridine rings is 1. The van der Waals surface area contributed by atoms with Crippen LogP contribution in [0.1, 0.15) is 38.5 Å². The highest BCUT2D eigenvalue weighted by Crippen LogP contribution is 2.40. The molecule has 3 aliphatic rings. The standard InChI is InChI=1S/C28H35N7O4S2/c36-27-21-18-20(28(37)34-16-14-33(15-17-34)25-10-3-5-11-29-25)19-23(21)35(13-6-2-1-4-12-30-27)41(38,39)24-9-7-8-22-26(24)32-40-31-22/h3,5,7-11,20-21,23H,1-2,4,6,12-19H2,(H,30,36). The number of carbonyl (C=O) groups is 2. The Hall–Kier alpha value is -3.16. The Morgan fingerprint density at radius 1 is 0.927 bits per heavy atom. The molecule has 0 spiro atoms. The molecule has 0 bridgehead atoms. The number of carbonyl (C=O) groups excluding carboxylic acids is 2. The monoisotopic (exact) mass is 597 g/mol. The second-order valence-corrected chi connectivity index (χ2v) is 13.4. The molecule has 2 aromatic heterocycles. The first-order valence-electron chi connectivity index (χ1n) is 14.4. The molecule has 1 aliphatic carbocycles. The summed E-state index contributed by atoms with van der Waals surface area (Å²) in [6.45, 7) is 3.34. The summed E-state index contributed by atoms with van der Waals surface area (Å²) in [4.78, 5) is 35.8. The Morgan fingerprint density at radius 2 is 1.76 bits per heavy atom. The molecular formula is C28H35N7O4S2. The molecule has 3 aromatic rings. The van der Waals surface area contributed by atoms with Crippen molar-refractivity contribution in [1.82, 2.24) is 28.3 Å². The fourth-order valence-electron chi connectivity index (χ4n) is 6.44. The molecule has 2 saturated heterocycles. The van der Waals surface area contributed by atoms with Crippen molar-refractivity contribution in [2.24, 2.45) is 11.8 Å². The zero-order valence-corrected chi connectivity index (χ0v) is 24.5. The predicted molar refractivity (Wildman–Crippen MR) is 156 cm³/mol. The number of sulfonamides is 1. The van der Waals surface area contributed by atoms with Crippen LogP contribution in [0.3, 0.4) is 0 Å². The van der Waals surface area contributed by atoms with E-state index < -0.39 is 27.9 Å². The van der Waals surface area contributed by atoms with Gasteiger partial charge in [-0.15, -0.1) is 0 Å². The number of anilines is 1. The van der Waals surface area contributed by atoms with Crippen molar-refractivity contribution in [3.63, 3.8) is 0 Å². The van der Waals surface area contributed by atoms with Crippen LogP contribution in [0.25, 0.3) is 11.0 Å². The van der Waals surface area contributed by atoms with E-state index in [0.29, 0.717) is 69.6 Å². The second-order valence-electron chi connectivity index (χ2n) is 11.1. The molecule has 218 valence electrons. The summed E-state index contributed by atoms with van der Waals surface area (Å²) in [5.74, 6) is -0.291. The van der Waals surface area contributed by atoms with Crippen molar-refractivity contribution in [3.8, 4) is 0 Å². The molecule has 3 fully saturated rings. The van der Waals surface area contributed by atoms with Crippen molar-refractivity contribution < 1.29 is 18.0 Å². The van der Waals surface area contributed by atoms with Gasteiger partial charge in [-0.1, -0.05) is 25.0 Å². The molecule has 41 heavy (non-hydrogen) atoms. The van der Waals surface area contributed by atoms with Crippen molar-refractivity contribution in [1.29, 1.82) is 0 Å². The van der Waals surface area contributed by atoms with Crippen LogP contribution < -0.4 is 10.2 Å². The van der Waals surface area contributed by atoms with Crippen LogP contribution in [0.4, 0.5) is 5.82 Å². The van der Waals surface area contributed by atoms with Gasteiger partial charge >= 0.3 is 0 Å². The summed E-state index contributed by atoms with van der Waals surface area (Å²) in [6, 6.07) is 10.2. The lowest BCUT2D eigenvalue weighted by Gasteiger charge is -2.36. The molecule has 3 atom stereocenters. The molecule has 1 aromatic carbocycles. The summed E-state index contributed by atoms with van der Waals surface area (Å²) in [7, 11) is -4.01. The lowest BCUT2D eigenvalue weighted by Crippen LogP contribution is -2.50. The normalized spacial score (nSPS) is 25.0. The maximum atomic E-state index is 14.3. The largest absolute Gasteiger partial charge is 0.356 e. The molecule has 11 nitrogen and oxygen atoms in total. The smallest absolute Gasteiger partial charge is 0.245 e. The lowest BCUT2D eigenvalue weighted by atomic mass is 10.0. The first-order chi connectivity index (χ1) is 19.9. The van der Waals surface area contributed by atoms with E-state index in [9.17, 15) is 18.0 Å². The minimum Gasteiger partial charge on any atom is -0.356 e. The maximum absolute atomic E-state index is 14.3. The number of hydrogen-bond acceptors (Lipinski definition) is 9. The number of rotatable bonds is 4. The molecule has 6 rings (SSSR count). The van der Waals surface area contributed by atoms with Gasteiger partial charge in [-0.05, 0) is 49.9 Å². The zero-order chi connectivity index (χ0) is 28.4. The highest BCUT2D eigenvalue weighted by atomic mass is 32.2. The van der Waals surface area contributed by atoms with Crippen molar-refractivity contribution in [2.45, 2.75) is 49.5 Å². The van der Waals surface area contributed by atoms with E-state index in [1.165, 1.54) is 4.31 Å². The number of nitrogens with one attached hydrogen (secondary N) is 1. The Morgan fingerprint density at radius 3 is 2.56 bits per heavy atom. The average Bonchev–Trinajstić information content (AvgIpc) is 3.65. The van der Waals surface area contributed by atoms with E-state index in [0.717, 1.165) is 36.8 Å². The van der Waals surface area contributed by atoms with Crippen molar-refractivity contribution in [3.05, 3.63) is 42.6 Å². The Balaban J connectivity index is 1.26.